The average Bonchev–Trinajstić information content (AvgIpc) is 2.80. The number of nitrogens with zero attached hydrogens (tertiary/aromatic N) is 3. The Morgan fingerprint density at radius 2 is 2.05 bits per heavy atom. The quantitative estimate of drug-likeness (QED) is 0.873. The smallest absolute Gasteiger partial charge is 0.274 e. The summed E-state index contributed by atoms with van der Waals surface area (Å²) >= 11 is 11.8. The molecular weight excluding hydrogens is 315 g/mol. The number of hydrogen-bond donors (Lipinski definition) is 1. The van der Waals surface area contributed by atoms with Crippen LogP contribution in [0.3, 0.4) is 0 Å². The highest BCUT2D eigenvalue weighted by Gasteiger charge is 2.17. The normalized spacial score (nSPS) is 10.8. The molecule has 0 radical (unpaired) electrons. The standard InChI is InChI=1S/C13H14Cl2N4O2/c1-7(2)19-6-8(14)4-9(19)12(20)18-13-16-10(15)5-11(17-13)21-3/h4-7H,1-3H3,(H,16,17,18,20). The number of rotatable bonds is 4. The van der Waals surface area contributed by atoms with Gasteiger partial charge in [0.1, 0.15) is 10.8 Å². The van der Waals surface area contributed by atoms with Crippen molar-refractivity contribution < 1.29 is 9.53 Å². The van der Waals surface area contributed by atoms with Crippen LogP contribution in [0.25, 0.3) is 0 Å². The molecule has 0 aliphatic rings. The van der Waals surface area contributed by atoms with Gasteiger partial charge in [-0.3, -0.25) is 10.1 Å². The Morgan fingerprint density at radius 3 is 2.67 bits per heavy atom. The molecule has 0 aromatic carbocycles. The predicted molar refractivity (Wildman–Crippen MR) is 81.4 cm³/mol. The Labute approximate surface area is 132 Å². The molecule has 0 aliphatic carbocycles. The monoisotopic (exact) mass is 328 g/mol. The van der Waals surface area contributed by atoms with E-state index in [9.17, 15) is 4.79 Å². The minimum atomic E-state index is -0.375. The molecule has 0 fully saturated rings. The Bertz CT molecular complexity index is 670. The molecule has 0 saturated heterocycles. The van der Waals surface area contributed by atoms with Crippen molar-refractivity contribution in [1.29, 1.82) is 0 Å². The van der Waals surface area contributed by atoms with Crippen LogP contribution in [0.15, 0.2) is 18.3 Å². The lowest BCUT2D eigenvalue weighted by Crippen LogP contribution is -2.19. The summed E-state index contributed by atoms with van der Waals surface area (Å²) in [7, 11) is 1.45. The zero-order chi connectivity index (χ0) is 15.6. The van der Waals surface area contributed by atoms with Crippen molar-refractivity contribution in [3.8, 4) is 5.88 Å². The molecule has 2 aromatic rings. The third-order valence-corrected chi connectivity index (χ3v) is 3.11. The van der Waals surface area contributed by atoms with Crippen molar-refractivity contribution in [3.05, 3.63) is 34.2 Å². The Kier molecular flexibility index (Phi) is 4.69. The third-order valence-electron chi connectivity index (χ3n) is 2.71. The number of carbonyl (C=O) groups is 1. The average molecular weight is 329 g/mol. The maximum atomic E-state index is 12.3. The van der Waals surface area contributed by atoms with Crippen molar-refractivity contribution in [3.63, 3.8) is 0 Å². The lowest BCUT2D eigenvalue weighted by atomic mass is 10.3. The molecular formula is C13H14Cl2N4O2. The predicted octanol–water partition coefficient (Wildman–Crippen LogP) is 3.43. The fraction of sp³-hybridized carbons (Fsp3) is 0.308. The fourth-order valence-corrected chi connectivity index (χ4v) is 2.16. The molecule has 1 amide bonds. The highest BCUT2D eigenvalue weighted by molar-refractivity contribution is 6.31. The zero-order valence-corrected chi connectivity index (χ0v) is 13.2. The lowest BCUT2D eigenvalue weighted by Gasteiger charge is -2.12. The van der Waals surface area contributed by atoms with E-state index in [4.69, 9.17) is 27.9 Å². The van der Waals surface area contributed by atoms with E-state index in [-0.39, 0.29) is 28.9 Å². The minimum Gasteiger partial charge on any atom is -0.481 e. The van der Waals surface area contributed by atoms with Crippen LogP contribution in [0.5, 0.6) is 5.88 Å². The Morgan fingerprint density at radius 1 is 1.33 bits per heavy atom. The van der Waals surface area contributed by atoms with Crippen LogP contribution in [0.2, 0.25) is 10.2 Å². The van der Waals surface area contributed by atoms with E-state index in [1.54, 1.807) is 16.8 Å². The number of aromatic nitrogens is 3. The molecule has 112 valence electrons. The minimum absolute atomic E-state index is 0.0666. The first-order valence-corrected chi connectivity index (χ1v) is 6.93. The number of amides is 1. The van der Waals surface area contributed by atoms with Gasteiger partial charge < -0.3 is 9.30 Å². The lowest BCUT2D eigenvalue weighted by molar-refractivity contribution is 0.101. The van der Waals surface area contributed by atoms with Crippen LogP contribution in [0.1, 0.15) is 30.4 Å². The van der Waals surface area contributed by atoms with E-state index in [0.29, 0.717) is 10.7 Å². The van der Waals surface area contributed by atoms with Gasteiger partial charge in [0.15, 0.2) is 0 Å². The molecule has 0 unspecified atom stereocenters. The highest BCUT2D eigenvalue weighted by Crippen LogP contribution is 2.21. The van der Waals surface area contributed by atoms with E-state index in [0.717, 1.165) is 0 Å². The number of carbonyl (C=O) groups excluding carboxylic acids is 1. The van der Waals surface area contributed by atoms with Crippen molar-refractivity contribution in [2.24, 2.45) is 0 Å². The molecule has 6 nitrogen and oxygen atoms in total. The van der Waals surface area contributed by atoms with E-state index < -0.39 is 0 Å². The molecule has 21 heavy (non-hydrogen) atoms. The van der Waals surface area contributed by atoms with E-state index in [2.05, 4.69) is 15.3 Å². The molecule has 0 atom stereocenters. The highest BCUT2D eigenvalue weighted by atomic mass is 35.5. The molecule has 0 spiro atoms. The van der Waals surface area contributed by atoms with E-state index >= 15 is 0 Å². The van der Waals surface area contributed by atoms with Gasteiger partial charge in [0.2, 0.25) is 11.8 Å². The third kappa shape index (κ3) is 3.65. The fourth-order valence-electron chi connectivity index (χ4n) is 1.78. The van der Waals surface area contributed by atoms with Crippen molar-refractivity contribution in [1.82, 2.24) is 14.5 Å². The molecule has 2 heterocycles. The molecule has 2 aromatic heterocycles. The topological polar surface area (TPSA) is 69.0 Å². The zero-order valence-electron chi connectivity index (χ0n) is 11.7. The first-order valence-electron chi connectivity index (χ1n) is 6.18. The van der Waals surface area contributed by atoms with Gasteiger partial charge in [-0.05, 0) is 19.9 Å². The second kappa shape index (κ2) is 6.32. The summed E-state index contributed by atoms with van der Waals surface area (Å²) in [6.07, 6.45) is 1.69. The van der Waals surface area contributed by atoms with Gasteiger partial charge in [0.25, 0.3) is 5.91 Å². The van der Waals surface area contributed by atoms with Gasteiger partial charge in [-0.25, -0.2) is 4.98 Å². The molecule has 0 bridgehead atoms. The summed E-state index contributed by atoms with van der Waals surface area (Å²) in [5.41, 5.74) is 0.414. The Balaban J connectivity index is 2.28. The van der Waals surface area contributed by atoms with Gasteiger partial charge in [-0.1, -0.05) is 23.2 Å². The van der Waals surface area contributed by atoms with Crippen molar-refractivity contribution in [2.45, 2.75) is 19.9 Å². The van der Waals surface area contributed by atoms with Gasteiger partial charge in [0.05, 0.1) is 12.1 Å². The molecule has 0 aliphatic heterocycles. The molecule has 2 rings (SSSR count). The molecule has 1 N–H and O–H groups in total. The van der Waals surface area contributed by atoms with Gasteiger partial charge in [0, 0.05) is 18.3 Å². The van der Waals surface area contributed by atoms with Gasteiger partial charge in [-0.15, -0.1) is 0 Å². The van der Waals surface area contributed by atoms with Crippen LogP contribution in [-0.2, 0) is 0 Å². The van der Waals surface area contributed by atoms with E-state index in [1.807, 2.05) is 13.8 Å². The summed E-state index contributed by atoms with van der Waals surface area (Å²) in [6.45, 7) is 3.90. The second-order valence-electron chi connectivity index (χ2n) is 4.56. The number of methoxy groups -OCH3 is 1. The van der Waals surface area contributed by atoms with Crippen LogP contribution in [0, 0.1) is 0 Å². The summed E-state index contributed by atoms with van der Waals surface area (Å²) < 4.78 is 6.74. The van der Waals surface area contributed by atoms with Gasteiger partial charge in [-0.2, -0.15) is 4.98 Å². The van der Waals surface area contributed by atoms with Crippen LogP contribution in [0.4, 0.5) is 5.95 Å². The number of anilines is 1. The van der Waals surface area contributed by atoms with Gasteiger partial charge >= 0.3 is 0 Å². The summed E-state index contributed by atoms with van der Waals surface area (Å²) in [5.74, 6) is -0.0422. The van der Waals surface area contributed by atoms with Crippen molar-refractivity contribution >= 4 is 35.1 Å². The molecule has 0 saturated carbocycles. The van der Waals surface area contributed by atoms with Crippen molar-refractivity contribution in [2.75, 3.05) is 12.4 Å². The maximum Gasteiger partial charge on any atom is 0.274 e. The van der Waals surface area contributed by atoms with Crippen LogP contribution < -0.4 is 10.1 Å². The van der Waals surface area contributed by atoms with E-state index in [1.165, 1.54) is 13.2 Å². The SMILES string of the molecule is COc1cc(Cl)nc(NC(=O)c2cc(Cl)cn2C(C)C)n1. The largest absolute Gasteiger partial charge is 0.481 e. The summed E-state index contributed by atoms with van der Waals surface area (Å²) in [4.78, 5) is 20.2. The Hall–Kier alpha value is -1.79. The maximum absolute atomic E-state index is 12.3. The number of hydrogen-bond acceptors (Lipinski definition) is 4. The summed E-state index contributed by atoms with van der Waals surface area (Å²) in [6, 6.07) is 3.12. The summed E-state index contributed by atoms with van der Waals surface area (Å²) in [5, 5.41) is 3.24. The second-order valence-corrected chi connectivity index (χ2v) is 5.38. The number of nitrogens with one attached hydrogen (secondary N) is 1. The first-order chi connectivity index (χ1) is 9.90. The van der Waals surface area contributed by atoms with Crippen LogP contribution >= 0.6 is 23.2 Å². The van der Waals surface area contributed by atoms with Crippen LogP contribution in [-0.4, -0.2) is 27.6 Å². The number of halogens is 2. The number of ether oxygens (including phenoxy) is 1. The first kappa shape index (κ1) is 15.6. The molecule has 8 heteroatoms.